The lowest BCUT2D eigenvalue weighted by atomic mass is 10.0. The Morgan fingerprint density at radius 1 is 0.972 bits per heavy atom. The zero-order valence-corrected chi connectivity index (χ0v) is 21.0. The molecule has 1 aromatic heterocycles. The molecule has 2 N–H and O–H groups in total. The maximum Gasteiger partial charge on any atom is 0.297 e. The van der Waals surface area contributed by atoms with E-state index in [1.807, 2.05) is 24.3 Å². The number of unbranched alkanes of at least 4 members (excludes halogenated alkanes) is 1. The topological polar surface area (TPSA) is 62.2 Å². The van der Waals surface area contributed by atoms with Crippen molar-refractivity contribution in [2.24, 2.45) is 0 Å². The Bertz CT molecular complexity index is 1360. The van der Waals surface area contributed by atoms with Crippen LogP contribution in [0.25, 0.3) is 16.5 Å². The third-order valence-corrected chi connectivity index (χ3v) is 6.97. The number of nitrogens with one attached hydrogen (secondary N) is 2. The predicted molar refractivity (Wildman–Crippen MR) is 149 cm³/mol. The molecule has 36 heavy (non-hydrogen) atoms. The first kappa shape index (κ1) is 24.1. The Morgan fingerprint density at radius 2 is 1.81 bits per heavy atom. The highest BCUT2D eigenvalue weighted by Crippen LogP contribution is 2.20. The highest BCUT2D eigenvalue weighted by Gasteiger charge is 2.21. The van der Waals surface area contributed by atoms with E-state index in [9.17, 15) is 4.79 Å². The van der Waals surface area contributed by atoms with Gasteiger partial charge >= 0.3 is 0 Å². The van der Waals surface area contributed by atoms with Crippen molar-refractivity contribution >= 4 is 22.3 Å². The molecule has 2 heterocycles. The standard InChI is InChI=1S/C30H35N5O/c1-2-3-15-31-27-9-6-10-28(21-27)35-19-16-32-29(30(35)36)33-26-13-17-34(18-14-26)22-23-11-12-24-7-4-5-8-25(24)20-23/h4-12,16,19-21,26,31H,2-3,13-15,17-18,22H2,1H3,(H,32,33). The highest BCUT2D eigenvalue weighted by atomic mass is 16.1. The van der Waals surface area contributed by atoms with Gasteiger partial charge in [-0.3, -0.25) is 14.3 Å². The molecule has 5 rings (SSSR count). The summed E-state index contributed by atoms with van der Waals surface area (Å²) in [4.78, 5) is 20.1. The molecule has 6 heteroatoms. The van der Waals surface area contributed by atoms with Crippen LogP contribution >= 0.6 is 0 Å². The summed E-state index contributed by atoms with van der Waals surface area (Å²) in [6.45, 7) is 6.06. The van der Waals surface area contributed by atoms with Gasteiger partial charge in [-0.2, -0.15) is 0 Å². The lowest BCUT2D eigenvalue weighted by Crippen LogP contribution is -2.40. The van der Waals surface area contributed by atoms with Crippen LogP contribution in [0.15, 0.2) is 83.9 Å². The summed E-state index contributed by atoms with van der Waals surface area (Å²) >= 11 is 0. The molecule has 1 aliphatic heterocycles. The molecule has 4 aromatic rings. The number of piperidine rings is 1. The quantitative estimate of drug-likeness (QED) is 0.302. The normalized spacial score (nSPS) is 14.7. The van der Waals surface area contributed by atoms with E-state index in [2.05, 4.69) is 69.9 Å². The SMILES string of the molecule is CCCCNc1cccc(-n2ccnc(NC3CCN(Cc4ccc5ccccc5c4)CC3)c2=O)c1. The van der Waals surface area contributed by atoms with Gasteiger partial charge < -0.3 is 10.6 Å². The van der Waals surface area contributed by atoms with Crippen molar-refractivity contribution in [3.8, 4) is 5.69 Å². The van der Waals surface area contributed by atoms with E-state index in [0.29, 0.717) is 5.82 Å². The molecule has 0 saturated carbocycles. The molecule has 1 saturated heterocycles. The van der Waals surface area contributed by atoms with Crippen LogP contribution in [0.4, 0.5) is 11.5 Å². The van der Waals surface area contributed by atoms with E-state index in [4.69, 9.17) is 0 Å². The number of benzene rings is 3. The summed E-state index contributed by atoms with van der Waals surface area (Å²) in [5, 5.41) is 9.45. The van der Waals surface area contributed by atoms with Gasteiger partial charge in [0, 0.05) is 50.3 Å². The summed E-state index contributed by atoms with van der Waals surface area (Å²) in [5.74, 6) is 0.426. The first-order chi connectivity index (χ1) is 17.7. The van der Waals surface area contributed by atoms with Crippen LogP contribution in [0.1, 0.15) is 38.2 Å². The van der Waals surface area contributed by atoms with Crippen molar-refractivity contribution < 1.29 is 0 Å². The van der Waals surface area contributed by atoms with E-state index in [-0.39, 0.29) is 11.6 Å². The summed E-state index contributed by atoms with van der Waals surface area (Å²) in [6, 6.07) is 23.5. The van der Waals surface area contributed by atoms with Gasteiger partial charge in [0.05, 0.1) is 5.69 Å². The fourth-order valence-corrected chi connectivity index (χ4v) is 4.91. The maximum absolute atomic E-state index is 13.2. The molecule has 0 aliphatic carbocycles. The van der Waals surface area contributed by atoms with Crippen LogP contribution in [-0.2, 0) is 6.54 Å². The Kier molecular flexibility index (Phi) is 7.62. The van der Waals surface area contributed by atoms with E-state index in [0.717, 1.165) is 63.2 Å². The Labute approximate surface area is 213 Å². The first-order valence-electron chi connectivity index (χ1n) is 13.1. The van der Waals surface area contributed by atoms with E-state index < -0.39 is 0 Å². The van der Waals surface area contributed by atoms with Gasteiger partial charge in [-0.15, -0.1) is 0 Å². The summed E-state index contributed by atoms with van der Waals surface area (Å²) < 4.78 is 1.68. The second-order valence-corrected chi connectivity index (χ2v) is 9.66. The van der Waals surface area contributed by atoms with Gasteiger partial charge in [0.15, 0.2) is 5.82 Å². The van der Waals surface area contributed by atoms with Crippen LogP contribution in [-0.4, -0.2) is 40.1 Å². The van der Waals surface area contributed by atoms with Crippen molar-refractivity contribution in [2.75, 3.05) is 30.3 Å². The Morgan fingerprint density at radius 3 is 2.64 bits per heavy atom. The number of anilines is 2. The number of likely N-dealkylation sites (tertiary alicyclic amines) is 1. The molecule has 3 aromatic carbocycles. The summed E-state index contributed by atoms with van der Waals surface area (Å²) in [6.07, 6.45) is 7.68. The first-order valence-corrected chi connectivity index (χ1v) is 13.1. The van der Waals surface area contributed by atoms with Gasteiger partial charge in [0.2, 0.25) is 0 Å². The number of rotatable bonds is 9. The molecular weight excluding hydrogens is 446 g/mol. The van der Waals surface area contributed by atoms with Gasteiger partial charge in [0.1, 0.15) is 0 Å². The molecule has 0 atom stereocenters. The van der Waals surface area contributed by atoms with Crippen LogP contribution in [0, 0.1) is 0 Å². The van der Waals surface area contributed by atoms with Crippen LogP contribution in [0.2, 0.25) is 0 Å². The average molecular weight is 482 g/mol. The van der Waals surface area contributed by atoms with E-state index >= 15 is 0 Å². The maximum atomic E-state index is 13.2. The van der Waals surface area contributed by atoms with Crippen LogP contribution in [0.3, 0.4) is 0 Å². The molecule has 186 valence electrons. The van der Waals surface area contributed by atoms with Crippen molar-refractivity contribution in [3.63, 3.8) is 0 Å². The number of aromatic nitrogens is 2. The molecule has 0 unspecified atom stereocenters. The van der Waals surface area contributed by atoms with Crippen molar-refractivity contribution in [3.05, 3.63) is 95.0 Å². The second-order valence-electron chi connectivity index (χ2n) is 9.66. The third kappa shape index (κ3) is 5.77. The lowest BCUT2D eigenvalue weighted by molar-refractivity contribution is 0.211. The minimum absolute atomic E-state index is 0.109. The smallest absolute Gasteiger partial charge is 0.297 e. The molecule has 0 radical (unpaired) electrons. The Hall–Kier alpha value is -3.64. The molecule has 1 aliphatic rings. The minimum Gasteiger partial charge on any atom is -0.385 e. The molecule has 0 spiro atoms. The van der Waals surface area contributed by atoms with Gasteiger partial charge in [-0.1, -0.05) is 55.8 Å². The van der Waals surface area contributed by atoms with Crippen molar-refractivity contribution in [2.45, 2.75) is 45.2 Å². The predicted octanol–water partition coefficient (Wildman–Crippen LogP) is 5.67. The fourth-order valence-electron chi connectivity index (χ4n) is 4.91. The Balaban J connectivity index is 1.20. The zero-order chi connectivity index (χ0) is 24.7. The fraction of sp³-hybridized carbons (Fsp3) is 0.333. The summed E-state index contributed by atoms with van der Waals surface area (Å²) in [5.41, 5.74) is 3.11. The number of nitrogens with zero attached hydrogens (tertiary/aromatic N) is 3. The van der Waals surface area contributed by atoms with Gasteiger partial charge in [-0.25, -0.2) is 4.98 Å². The minimum atomic E-state index is -0.109. The third-order valence-electron chi connectivity index (χ3n) is 6.97. The largest absolute Gasteiger partial charge is 0.385 e. The number of hydrogen-bond acceptors (Lipinski definition) is 5. The zero-order valence-electron chi connectivity index (χ0n) is 21.0. The molecular formula is C30H35N5O. The lowest BCUT2D eigenvalue weighted by Gasteiger charge is -2.32. The number of hydrogen-bond donors (Lipinski definition) is 2. The second kappa shape index (κ2) is 11.4. The van der Waals surface area contributed by atoms with Gasteiger partial charge in [0.25, 0.3) is 5.56 Å². The van der Waals surface area contributed by atoms with Crippen molar-refractivity contribution in [1.82, 2.24) is 14.5 Å². The van der Waals surface area contributed by atoms with Crippen LogP contribution < -0.4 is 16.2 Å². The molecule has 1 fully saturated rings. The van der Waals surface area contributed by atoms with Crippen molar-refractivity contribution in [1.29, 1.82) is 0 Å². The summed E-state index contributed by atoms with van der Waals surface area (Å²) in [7, 11) is 0. The molecule has 0 bridgehead atoms. The van der Waals surface area contributed by atoms with E-state index in [1.165, 1.54) is 16.3 Å². The highest BCUT2D eigenvalue weighted by molar-refractivity contribution is 5.82. The monoisotopic (exact) mass is 481 g/mol. The molecule has 0 amide bonds. The number of fused-ring (bicyclic) bond motifs is 1. The van der Waals surface area contributed by atoms with E-state index in [1.54, 1.807) is 17.0 Å². The average Bonchev–Trinajstić information content (AvgIpc) is 2.91. The molecule has 6 nitrogen and oxygen atoms in total. The van der Waals surface area contributed by atoms with Crippen LogP contribution in [0.5, 0.6) is 0 Å². The van der Waals surface area contributed by atoms with Gasteiger partial charge in [-0.05, 0) is 59.9 Å².